The van der Waals surface area contributed by atoms with E-state index in [-0.39, 0.29) is 11.5 Å². The minimum atomic E-state index is 0.182. The molecule has 2 N–H and O–H groups in total. The van der Waals surface area contributed by atoms with Crippen LogP contribution >= 0.6 is 31.9 Å². The first-order valence-electron chi connectivity index (χ1n) is 5.42. The maximum atomic E-state index is 9.53. The molecule has 0 amide bonds. The van der Waals surface area contributed by atoms with Crippen molar-refractivity contribution in [1.82, 2.24) is 9.78 Å². The fraction of sp³-hybridized carbons (Fsp3) is 0. The van der Waals surface area contributed by atoms with E-state index in [1.54, 1.807) is 41.1 Å². The monoisotopic (exact) mass is 382 g/mol. The second-order valence-corrected chi connectivity index (χ2v) is 5.65. The fourth-order valence-electron chi connectivity index (χ4n) is 1.87. The molecule has 19 heavy (non-hydrogen) atoms. The smallest absolute Gasteiger partial charge is 0.117 e. The summed E-state index contributed by atoms with van der Waals surface area (Å²) >= 11 is 6.88. The number of phenols is 2. The van der Waals surface area contributed by atoms with Crippen LogP contribution in [0.1, 0.15) is 0 Å². The Balaban J connectivity index is 2.28. The molecule has 0 saturated carbocycles. The van der Waals surface area contributed by atoms with Gasteiger partial charge in [0.15, 0.2) is 0 Å². The summed E-state index contributed by atoms with van der Waals surface area (Å²) in [4.78, 5) is 0. The minimum absolute atomic E-state index is 0.182. The number of hydrogen-bond donors (Lipinski definition) is 2. The number of fused-ring (bicyclic) bond motifs is 1. The van der Waals surface area contributed by atoms with E-state index in [1.165, 1.54) is 0 Å². The summed E-state index contributed by atoms with van der Waals surface area (Å²) in [5.41, 5.74) is 1.56. The predicted octanol–water partition coefficient (Wildman–Crippen LogP) is 3.96. The highest BCUT2D eigenvalue weighted by atomic mass is 79.9. The molecule has 0 atom stereocenters. The number of phenolic OH excluding ortho intramolecular Hbond substituents is 2. The average molecular weight is 384 g/mol. The summed E-state index contributed by atoms with van der Waals surface area (Å²) in [5.74, 6) is 0.374. The first-order chi connectivity index (χ1) is 9.06. The van der Waals surface area contributed by atoms with Crippen LogP contribution in [-0.2, 0) is 0 Å². The molecule has 0 aliphatic carbocycles. The van der Waals surface area contributed by atoms with E-state index < -0.39 is 0 Å². The molecule has 6 heteroatoms. The van der Waals surface area contributed by atoms with Gasteiger partial charge in [0.1, 0.15) is 16.1 Å². The maximum absolute atomic E-state index is 9.53. The summed E-state index contributed by atoms with van der Waals surface area (Å²) < 4.78 is 3.17. The molecular weight excluding hydrogens is 376 g/mol. The number of nitrogens with zero attached hydrogens (tertiary/aromatic N) is 2. The van der Waals surface area contributed by atoms with E-state index in [2.05, 4.69) is 37.0 Å². The zero-order valence-electron chi connectivity index (χ0n) is 9.51. The van der Waals surface area contributed by atoms with Gasteiger partial charge in [-0.15, -0.1) is 0 Å². The van der Waals surface area contributed by atoms with Crippen molar-refractivity contribution in [2.75, 3.05) is 0 Å². The topological polar surface area (TPSA) is 58.3 Å². The number of rotatable bonds is 1. The molecular formula is C13H8Br2N2O2. The van der Waals surface area contributed by atoms with Crippen molar-refractivity contribution in [1.29, 1.82) is 0 Å². The van der Waals surface area contributed by atoms with Crippen LogP contribution in [0.3, 0.4) is 0 Å². The first kappa shape index (κ1) is 12.5. The summed E-state index contributed by atoms with van der Waals surface area (Å²) in [5, 5.41) is 24.2. The normalized spacial score (nSPS) is 11.1. The van der Waals surface area contributed by atoms with E-state index in [0.717, 1.165) is 25.7 Å². The van der Waals surface area contributed by atoms with E-state index in [9.17, 15) is 10.2 Å². The minimum Gasteiger partial charge on any atom is -0.508 e. The quantitative estimate of drug-likeness (QED) is 0.668. The van der Waals surface area contributed by atoms with Gasteiger partial charge in [-0.1, -0.05) is 0 Å². The molecule has 0 aliphatic heterocycles. The molecule has 4 nitrogen and oxygen atoms in total. The first-order valence-corrected chi connectivity index (χ1v) is 7.01. The summed E-state index contributed by atoms with van der Waals surface area (Å²) in [6, 6.07) is 9.95. The van der Waals surface area contributed by atoms with Crippen LogP contribution in [0.4, 0.5) is 0 Å². The average Bonchev–Trinajstić information content (AvgIpc) is 2.67. The highest BCUT2D eigenvalue weighted by Crippen LogP contribution is 2.32. The number of benzene rings is 2. The molecule has 1 heterocycles. The van der Waals surface area contributed by atoms with Gasteiger partial charge < -0.3 is 10.2 Å². The van der Waals surface area contributed by atoms with Gasteiger partial charge in [-0.05, 0) is 68.3 Å². The molecule has 0 fully saturated rings. The van der Waals surface area contributed by atoms with Gasteiger partial charge in [-0.25, -0.2) is 4.68 Å². The van der Waals surface area contributed by atoms with Gasteiger partial charge in [-0.3, -0.25) is 0 Å². The molecule has 0 unspecified atom stereocenters. The van der Waals surface area contributed by atoms with E-state index >= 15 is 0 Å². The van der Waals surface area contributed by atoms with Crippen LogP contribution in [0.2, 0.25) is 0 Å². The Morgan fingerprint density at radius 3 is 2.37 bits per heavy atom. The van der Waals surface area contributed by atoms with Crippen LogP contribution in [0.5, 0.6) is 11.5 Å². The standard InChI is InChI=1S/C13H8Br2N2O2/c14-10-6-8(19)2-4-12(10)17-13(15)9-5-7(18)1-3-11(9)16-17/h1-6,18-19H. The fourth-order valence-corrected chi connectivity index (χ4v) is 2.99. The highest BCUT2D eigenvalue weighted by Gasteiger charge is 2.13. The van der Waals surface area contributed by atoms with E-state index in [1.807, 2.05) is 0 Å². The molecule has 0 aliphatic rings. The van der Waals surface area contributed by atoms with Crippen molar-refractivity contribution in [3.05, 3.63) is 45.5 Å². The maximum Gasteiger partial charge on any atom is 0.117 e. The molecule has 0 radical (unpaired) electrons. The summed E-state index contributed by atoms with van der Waals surface area (Å²) in [6.07, 6.45) is 0. The Kier molecular flexibility index (Phi) is 2.99. The van der Waals surface area contributed by atoms with Crippen molar-refractivity contribution >= 4 is 42.8 Å². The number of aromatic hydroxyl groups is 2. The van der Waals surface area contributed by atoms with Crippen molar-refractivity contribution in [3.8, 4) is 17.2 Å². The van der Waals surface area contributed by atoms with Crippen LogP contribution in [0, 0.1) is 0 Å². The Labute approximate surface area is 125 Å². The second kappa shape index (κ2) is 4.54. The number of halogens is 2. The molecule has 0 saturated heterocycles. The third-order valence-electron chi connectivity index (χ3n) is 2.76. The molecule has 3 rings (SSSR count). The second-order valence-electron chi connectivity index (χ2n) is 4.04. The van der Waals surface area contributed by atoms with Crippen molar-refractivity contribution in [2.45, 2.75) is 0 Å². The third kappa shape index (κ3) is 2.11. The predicted molar refractivity (Wildman–Crippen MR) is 79.8 cm³/mol. The number of aromatic nitrogens is 2. The van der Waals surface area contributed by atoms with Gasteiger partial charge in [-0.2, -0.15) is 5.10 Å². The van der Waals surface area contributed by atoms with Crippen LogP contribution < -0.4 is 0 Å². The molecule has 0 bridgehead atoms. The molecule has 0 spiro atoms. The van der Waals surface area contributed by atoms with Gasteiger partial charge in [0.05, 0.1) is 11.2 Å². The Morgan fingerprint density at radius 1 is 0.947 bits per heavy atom. The Morgan fingerprint density at radius 2 is 1.63 bits per heavy atom. The Bertz CT molecular complexity index is 784. The zero-order chi connectivity index (χ0) is 13.6. The van der Waals surface area contributed by atoms with Gasteiger partial charge >= 0.3 is 0 Å². The summed E-state index contributed by atoms with van der Waals surface area (Å²) in [6.45, 7) is 0. The van der Waals surface area contributed by atoms with Gasteiger partial charge in [0, 0.05) is 9.86 Å². The van der Waals surface area contributed by atoms with Gasteiger partial charge in [0.2, 0.25) is 0 Å². The lowest BCUT2D eigenvalue weighted by molar-refractivity contribution is 0.474. The molecule has 1 aromatic heterocycles. The molecule has 2 aromatic carbocycles. The van der Waals surface area contributed by atoms with Crippen LogP contribution in [0.15, 0.2) is 45.5 Å². The summed E-state index contributed by atoms with van der Waals surface area (Å²) in [7, 11) is 0. The SMILES string of the molecule is Oc1ccc(-n2nc3ccc(O)cc3c2Br)c(Br)c1. The van der Waals surface area contributed by atoms with Crippen molar-refractivity contribution in [2.24, 2.45) is 0 Å². The van der Waals surface area contributed by atoms with Crippen molar-refractivity contribution in [3.63, 3.8) is 0 Å². The molecule has 96 valence electrons. The largest absolute Gasteiger partial charge is 0.508 e. The Hall–Kier alpha value is -1.53. The zero-order valence-corrected chi connectivity index (χ0v) is 12.7. The lowest BCUT2D eigenvalue weighted by atomic mass is 10.2. The third-order valence-corrected chi connectivity index (χ3v) is 4.15. The lowest BCUT2D eigenvalue weighted by Crippen LogP contribution is -1.97. The van der Waals surface area contributed by atoms with Crippen LogP contribution in [0.25, 0.3) is 16.6 Å². The van der Waals surface area contributed by atoms with Crippen molar-refractivity contribution < 1.29 is 10.2 Å². The lowest BCUT2D eigenvalue weighted by Gasteiger charge is -2.06. The van der Waals surface area contributed by atoms with E-state index in [4.69, 9.17) is 0 Å². The highest BCUT2D eigenvalue weighted by molar-refractivity contribution is 9.11. The number of hydrogen-bond acceptors (Lipinski definition) is 3. The van der Waals surface area contributed by atoms with Gasteiger partial charge in [0.25, 0.3) is 0 Å². The van der Waals surface area contributed by atoms with Crippen LogP contribution in [-0.4, -0.2) is 20.0 Å². The molecule has 3 aromatic rings. The van der Waals surface area contributed by atoms with E-state index in [0.29, 0.717) is 0 Å².